The second kappa shape index (κ2) is 7.25. The fourth-order valence-electron chi connectivity index (χ4n) is 3.45. The lowest BCUT2D eigenvalue weighted by molar-refractivity contribution is 0.169. The normalized spacial score (nSPS) is 15.3. The van der Waals surface area contributed by atoms with Crippen LogP contribution in [-0.2, 0) is 6.42 Å². The number of hydrogen-bond acceptors (Lipinski definition) is 6. The number of fused-ring (bicyclic) bond motifs is 3. The van der Waals surface area contributed by atoms with Gasteiger partial charge in [0.15, 0.2) is 17.2 Å². The van der Waals surface area contributed by atoms with Crippen LogP contribution < -0.4 is 24.4 Å². The summed E-state index contributed by atoms with van der Waals surface area (Å²) in [4.78, 5) is 12.4. The Bertz CT molecular complexity index is 890. The number of methoxy groups -OCH3 is 4. The molecule has 0 bridgehead atoms. The number of aliphatic hydroxyl groups is 1. The van der Waals surface area contributed by atoms with E-state index in [4.69, 9.17) is 18.9 Å². The van der Waals surface area contributed by atoms with Gasteiger partial charge in [-0.1, -0.05) is 6.07 Å². The van der Waals surface area contributed by atoms with Gasteiger partial charge in [0.05, 0.1) is 34.5 Å². The first-order valence-electron chi connectivity index (χ1n) is 8.28. The van der Waals surface area contributed by atoms with Gasteiger partial charge >= 0.3 is 0 Å². The molecule has 0 radical (unpaired) electrons. The van der Waals surface area contributed by atoms with Gasteiger partial charge in [0.1, 0.15) is 0 Å². The van der Waals surface area contributed by atoms with E-state index in [9.17, 15) is 9.90 Å². The fraction of sp³-hybridized carbons (Fsp3) is 0.350. The maximum atomic E-state index is 12.4. The van der Waals surface area contributed by atoms with Gasteiger partial charge < -0.3 is 24.1 Å². The Kier molecular flexibility index (Phi) is 5.04. The van der Waals surface area contributed by atoms with Gasteiger partial charge in [0.2, 0.25) is 11.2 Å². The van der Waals surface area contributed by atoms with Crippen molar-refractivity contribution in [3.05, 3.63) is 45.6 Å². The van der Waals surface area contributed by atoms with Crippen molar-refractivity contribution in [1.29, 1.82) is 0 Å². The molecule has 26 heavy (non-hydrogen) atoms. The van der Waals surface area contributed by atoms with Crippen molar-refractivity contribution < 1.29 is 24.1 Å². The molecule has 2 aromatic carbocycles. The van der Waals surface area contributed by atoms with Crippen molar-refractivity contribution in [2.24, 2.45) is 0 Å². The Morgan fingerprint density at radius 3 is 2.23 bits per heavy atom. The van der Waals surface area contributed by atoms with Crippen molar-refractivity contribution in [3.63, 3.8) is 0 Å². The zero-order valence-electron chi connectivity index (χ0n) is 15.3. The molecule has 1 atom stereocenters. The van der Waals surface area contributed by atoms with Gasteiger partial charge in [-0.15, -0.1) is 0 Å². The number of hydrogen-bond donors (Lipinski definition) is 1. The summed E-state index contributed by atoms with van der Waals surface area (Å²) in [5.41, 5.74) is 2.71. The fourth-order valence-corrected chi connectivity index (χ4v) is 3.45. The minimum Gasteiger partial charge on any atom is -0.493 e. The van der Waals surface area contributed by atoms with Gasteiger partial charge in [-0.2, -0.15) is 0 Å². The highest BCUT2D eigenvalue weighted by atomic mass is 16.5. The Hall–Kier alpha value is -2.73. The van der Waals surface area contributed by atoms with E-state index in [0.717, 1.165) is 11.1 Å². The van der Waals surface area contributed by atoms with Crippen molar-refractivity contribution in [3.8, 4) is 34.1 Å². The predicted octanol–water partition coefficient (Wildman–Crippen LogP) is 2.73. The molecule has 0 amide bonds. The highest BCUT2D eigenvalue weighted by Gasteiger charge is 2.28. The maximum absolute atomic E-state index is 12.4. The van der Waals surface area contributed by atoms with E-state index in [1.807, 2.05) is 6.07 Å². The van der Waals surface area contributed by atoms with E-state index in [-0.39, 0.29) is 11.2 Å². The Balaban J connectivity index is 2.43. The van der Waals surface area contributed by atoms with Crippen LogP contribution in [0.4, 0.5) is 0 Å². The SMILES string of the molecule is COc1cc2c(c(OC)c1OC)-c1ccc(OC)c(=O)cc1C(O)CC2. The van der Waals surface area contributed by atoms with Crippen LogP contribution in [0.25, 0.3) is 11.1 Å². The number of ether oxygens (including phenoxy) is 4. The summed E-state index contributed by atoms with van der Waals surface area (Å²) in [6.45, 7) is 0. The minimum atomic E-state index is -0.774. The third kappa shape index (κ3) is 2.86. The second-order valence-corrected chi connectivity index (χ2v) is 6.01. The number of aryl methyl sites for hydroxylation is 1. The van der Waals surface area contributed by atoms with Crippen LogP contribution in [0.15, 0.2) is 29.1 Å². The van der Waals surface area contributed by atoms with E-state index in [1.54, 1.807) is 33.5 Å². The van der Waals surface area contributed by atoms with Gasteiger partial charge in [-0.3, -0.25) is 4.79 Å². The Morgan fingerprint density at radius 1 is 0.923 bits per heavy atom. The molecule has 0 heterocycles. The molecule has 0 spiro atoms. The summed E-state index contributed by atoms with van der Waals surface area (Å²) in [7, 11) is 6.11. The lowest BCUT2D eigenvalue weighted by Gasteiger charge is -2.19. The van der Waals surface area contributed by atoms with Crippen LogP contribution >= 0.6 is 0 Å². The summed E-state index contributed by atoms with van der Waals surface area (Å²) >= 11 is 0. The van der Waals surface area contributed by atoms with Crippen molar-refractivity contribution >= 4 is 0 Å². The lowest BCUT2D eigenvalue weighted by Crippen LogP contribution is -2.04. The van der Waals surface area contributed by atoms with Crippen LogP contribution in [0.5, 0.6) is 23.0 Å². The van der Waals surface area contributed by atoms with Crippen LogP contribution in [0.1, 0.15) is 23.7 Å². The van der Waals surface area contributed by atoms with Gasteiger partial charge in [0.25, 0.3) is 0 Å². The van der Waals surface area contributed by atoms with Crippen molar-refractivity contribution in [2.75, 3.05) is 28.4 Å². The smallest absolute Gasteiger partial charge is 0.220 e. The second-order valence-electron chi connectivity index (χ2n) is 6.01. The van der Waals surface area contributed by atoms with E-state index in [2.05, 4.69) is 0 Å². The molecule has 1 N–H and O–H groups in total. The lowest BCUT2D eigenvalue weighted by atomic mass is 9.96. The van der Waals surface area contributed by atoms with Crippen LogP contribution in [0.2, 0.25) is 0 Å². The minimum absolute atomic E-state index is 0.214. The molecule has 3 rings (SSSR count). The van der Waals surface area contributed by atoms with Gasteiger partial charge in [0, 0.05) is 5.56 Å². The molecule has 0 saturated heterocycles. The Labute approximate surface area is 151 Å². The third-order valence-corrected chi connectivity index (χ3v) is 4.69. The molecule has 6 heteroatoms. The number of rotatable bonds is 4. The number of benzene rings is 1. The highest BCUT2D eigenvalue weighted by molar-refractivity contribution is 5.82. The number of aliphatic hydroxyl groups excluding tert-OH is 1. The molecule has 1 aliphatic carbocycles. The first kappa shape index (κ1) is 18.1. The third-order valence-electron chi connectivity index (χ3n) is 4.69. The maximum Gasteiger partial charge on any atom is 0.220 e. The average Bonchev–Trinajstić information content (AvgIpc) is 2.89. The molecule has 1 aliphatic rings. The zero-order valence-corrected chi connectivity index (χ0v) is 15.3. The first-order chi connectivity index (χ1) is 12.5. The van der Waals surface area contributed by atoms with Crippen LogP contribution in [0.3, 0.4) is 0 Å². The van der Waals surface area contributed by atoms with E-state index in [0.29, 0.717) is 41.2 Å². The monoisotopic (exact) mass is 358 g/mol. The van der Waals surface area contributed by atoms with Crippen molar-refractivity contribution in [1.82, 2.24) is 0 Å². The molecule has 1 unspecified atom stereocenters. The molecular formula is C20H22O6. The van der Waals surface area contributed by atoms with E-state index < -0.39 is 6.10 Å². The van der Waals surface area contributed by atoms with Crippen LogP contribution in [-0.4, -0.2) is 33.5 Å². The van der Waals surface area contributed by atoms with Gasteiger partial charge in [-0.05, 0) is 47.7 Å². The largest absolute Gasteiger partial charge is 0.493 e. The summed E-state index contributed by atoms with van der Waals surface area (Å²) < 4.78 is 21.7. The van der Waals surface area contributed by atoms with Gasteiger partial charge in [-0.25, -0.2) is 0 Å². The zero-order chi connectivity index (χ0) is 18.8. The molecule has 0 aromatic heterocycles. The average molecular weight is 358 g/mol. The summed E-state index contributed by atoms with van der Waals surface area (Å²) in [6, 6.07) is 6.71. The molecule has 6 nitrogen and oxygen atoms in total. The first-order valence-corrected chi connectivity index (χ1v) is 8.28. The molecular weight excluding hydrogens is 336 g/mol. The van der Waals surface area contributed by atoms with Crippen LogP contribution in [0, 0.1) is 0 Å². The molecule has 0 saturated carbocycles. The molecule has 2 aromatic rings. The van der Waals surface area contributed by atoms with E-state index in [1.165, 1.54) is 13.2 Å². The predicted molar refractivity (Wildman–Crippen MR) is 97.6 cm³/mol. The summed E-state index contributed by atoms with van der Waals surface area (Å²) in [5.74, 6) is 1.75. The quantitative estimate of drug-likeness (QED) is 0.906. The molecule has 0 fully saturated rings. The van der Waals surface area contributed by atoms with Crippen molar-refractivity contribution in [2.45, 2.75) is 18.9 Å². The Morgan fingerprint density at radius 2 is 1.62 bits per heavy atom. The molecule has 138 valence electrons. The summed E-state index contributed by atoms with van der Waals surface area (Å²) in [5, 5.41) is 10.6. The molecule has 0 aliphatic heterocycles. The summed E-state index contributed by atoms with van der Waals surface area (Å²) in [6.07, 6.45) is 0.310. The standard InChI is InChI=1S/C20H22O6/c1-23-16-8-6-12-13(10-15(16)22)14(21)7-5-11-9-17(24-2)19(25-3)20(26-4)18(11)12/h6,8-10,14,21H,5,7H2,1-4H3. The highest BCUT2D eigenvalue weighted by Crippen LogP contribution is 2.50. The topological polar surface area (TPSA) is 74.2 Å². The van der Waals surface area contributed by atoms with E-state index >= 15 is 0 Å².